The topological polar surface area (TPSA) is 47.0 Å². The zero-order valence-electron chi connectivity index (χ0n) is 12.1. The molecule has 5 nitrogen and oxygen atoms in total. The number of piperazine rings is 1. The van der Waals surface area contributed by atoms with Crippen molar-refractivity contribution >= 4 is 5.97 Å². The summed E-state index contributed by atoms with van der Waals surface area (Å²) in [5.74, 6) is -0.686. The number of hydrogen-bond acceptors (Lipinski definition) is 4. The monoisotopic (exact) mass is 269 g/mol. The van der Waals surface area contributed by atoms with E-state index in [0.717, 1.165) is 32.2 Å². The van der Waals surface area contributed by atoms with E-state index in [2.05, 4.69) is 21.6 Å². The summed E-state index contributed by atoms with van der Waals surface area (Å²) in [5.41, 5.74) is 0. The molecule has 2 fully saturated rings. The average Bonchev–Trinajstić information content (AvgIpc) is 2.46. The third-order valence-corrected chi connectivity index (χ3v) is 4.57. The van der Waals surface area contributed by atoms with Crippen molar-refractivity contribution in [2.24, 2.45) is 0 Å². The summed E-state index contributed by atoms with van der Waals surface area (Å²) in [6, 6.07) is 0.754. The van der Waals surface area contributed by atoms with Gasteiger partial charge >= 0.3 is 5.97 Å². The molecule has 2 rings (SSSR count). The Hall–Kier alpha value is -0.650. The first kappa shape index (κ1) is 14.8. The lowest BCUT2D eigenvalue weighted by Gasteiger charge is -2.42. The molecule has 0 saturated carbocycles. The lowest BCUT2D eigenvalue weighted by Crippen LogP contribution is -2.53. The minimum atomic E-state index is -0.686. The minimum absolute atomic E-state index is 0.273. The smallest absolute Gasteiger partial charge is 0.304 e. The van der Waals surface area contributed by atoms with E-state index >= 15 is 0 Å². The summed E-state index contributed by atoms with van der Waals surface area (Å²) >= 11 is 0. The normalized spacial score (nSPS) is 24.7. The first-order valence-corrected chi connectivity index (χ1v) is 7.59. The van der Waals surface area contributed by atoms with Gasteiger partial charge in [-0.3, -0.25) is 9.69 Å². The van der Waals surface area contributed by atoms with Crippen LogP contribution in [-0.4, -0.2) is 84.2 Å². The standard InChI is InChI=1S/C14H27N3O2/c1-2-15-6-3-13(4-7-15)17-11-9-16(10-12-17)8-5-14(18)19/h13H,2-12H2,1H3,(H,18,19). The van der Waals surface area contributed by atoms with Gasteiger partial charge in [0.05, 0.1) is 6.42 Å². The highest BCUT2D eigenvalue weighted by molar-refractivity contribution is 5.66. The second-order valence-corrected chi connectivity index (χ2v) is 5.69. The van der Waals surface area contributed by atoms with Gasteiger partial charge in [0.2, 0.25) is 0 Å². The minimum Gasteiger partial charge on any atom is -0.481 e. The van der Waals surface area contributed by atoms with Crippen LogP contribution in [0.15, 0.2) is 0 Å². The van der Waals surface area contributed by atoms with Gasteiger partial charge in [0.1, 0.15) is 0 Å². The summed E-state index contributed by atoms with van der Waals surface area (Å²) in [5, 5.41) is 8.71. The lowest BCUT2D eigenvalue weighted by atomic mass is 10.0. The zero-order valence-corrected chi connectivity index (χ0v) is 12.1. The van der Waals surface area contributed by atoms with Gasteiger partial charge < -0.3 is 14.9 Å². The van der Waals surface area contributed by atoms with Crippen molar-refractivity contribution in [2.75, 3.05) is 52.4 Å². The maximum atomic E-state index is 10.6. The quantitative estimate of drug-likeness (QED) is 0.790. The Morgan fingerprint density at radius 2 is 1.68 bits per heavy atom. The molecule has 1 N–H and O–H groups in total. The van der Waals surface area contributed by atoms with E-state index in [-0.39, 0.29) is 6.42 Å². The second kappa shape index (κ2) is 7.22. The molecule has 2 saturated heterocycles. The number of piperidine rings is 1. The van der Waals surface area contributed by atoms with Gasteiger partial charge in [-0.05, 0) is 32.5 Å². The van der Waals surface area contributed by atoms with Crippen LogP contribution in [0.3, 0.4) is 0 Å². The van der Waals surface area contributed by atoms with Crippen LogP contribution in [0.4, 0.5) is 0 Å². The molecular formula is C14H27N3O2. The number of carboxylic acids is 1. The van der Waals surface area contributed by atoms with Crippen molar-refractivity contribution in [3.05, 3.63) is 0 Å². The fraction of sp³-hybridized carbons (Fsp3) is 0.929. The Kier molecular flexibility index (Phi) is 5.60. The van der Waals surface area contributed by atoms with E-state index in [1.807, 2.05) is 0 Å². The van der Waals surface area contributed by atoms with Crippen molar-refractivity contribution in [3.8, 4) is 0 Å². The number of carbonyl (C=O) groups is 1. The maximum Gasteiger partial charge on any atom is 0.304 e. The van der Waals surface area contributed by atoms with Crippen LogP contribution in [0.25, 0.3) is 0 Å². The number of carboxylic acid groups (broad SMARTS) is 1. The van der Waals surface area contributed by atoms with Crippen LogP contribution in [-0.2, 0) is 4.79 Å². The molecule has 2 heterocycles. The highest BCUT2D eigenvalue weighted by atomic mass is 16.4. The Bertz CT molecular complexity index is 282. The van der Waals surface area contributed by atoms with Gasteiger partial charge in [-0.25, -0.2) is 0 Å². The van der Waals surface area contributed by atoms with Gasteiger partial charge in [0.25, 0.3) is 0 Å². The average molecular weight is 269 g/mol. The van der Waals surface area contributed by atoms with Gasteiger partial charge in [0, 0.05) is 38.8 Å². The molecule has 0 atom stereocenters. The van der Waals surface area contributed by atoms with E-state index in [1.165, 1.54) is 32.5 Å². The van der Waals surface area contributed by atoms with E-state index < -0.39 is 5.97 Å². The van der Waals surface area contributed by atoms with Crippen LogP contribution < -0.4 is 0 Å². The van der Waals surface area contributed by atoms with E-state index in [0.29, 0.717) is 6.54 Å². The van der Waals surface area contributed by atoms with Crippen molar-refractivity contribution in [2.45, 2.75) is 32.2 Å². The maximum absolute atomic E-state index is 10.6. The summed E-state index contributed by atoms with van der Waals surface area (Å²) in [4.78, 5) is 18.0. The third kappa shape index (κ3) is 4.44. The van der Waals surface area contributed by atoms with Crippen LogP contribution in [0.5, 0.6) is 0 Å². The molecule has 19 heavy (non-hydrogen) atoms. The third-order valence-electron chi connectivity index (χ3n) is 4.57. The largest absolute Gasteiger partial charge is 0.481 e. The number of likely N-dealkylation sites (tertiary alicyclic amines) is 1. The summed E-state index contributed by atoms with van der Waals surface area (Å²) in [6.45, 7) is 10.9. The van der Waals surface area contributed by atoms with E-state index in [9.17, 15) is 4.79 Å². The van der Waals surface area contributed by atoms with E-state index in [4.69, 9.17) is 5.11 Å². The highest BCUT2D eigenvalue weighted by Crippen LogP contribution is 2.18. The Morgan fingerprint density at radius 3 is 2.21 bits per heavy atom. The van der Waals surface area contributed by atoms with Crippen LogP contribution in [0, 0.1) is 0 Å². The molecule has 0 aromatic rings. The molecule has 0 aromatic carbocycles. The highest BCUT2D eigenvalue weighted by Gasteiger charge is 2.26. The lowest BCUT2D eigenvalue weighted by molar-refractivity contribution is -0.137. The number of nitrogens with zero attached hydrogens (tertiary/aromatic N) is 3. The Balaban J connectivity index is 1.67. The van der Waals surface area contributed by atoms with Crippen molar-refractivity contribution in [1.29, 1.82) is 0 Å². The fourth-order valence-electron chi connectivity index (χ4n) is 3.21. The van der Waals surface area contributed by atoms with Crippen LogP contribution in [0.2, 0.25) is 0 Å². The fourth-order valence-corrected chi connectivity index (χ4v) is 3.21. The van der Waals surface area contributed by atoms with E-state index in [1.54, 1.807) is 0 Å². The van der Waals surface area contributed by atoms with Gasteiger partial charge in [-0.2, -0.15) is 0 Å². The zero-order chi connectivity index (χ0) is 13.7. The summed E-state index contributed by atoms with van der Waals surface area (Å²) < 4.78 is 0. The number of rotatable bonds is 5. The number of aliphatic carboxylic acids is 1. The summed E-state index contributed by atoms with van der Waals surface area (Å²) in [6.07, 6.45) is 2.86. The molecule has 0 bridgehead atoms. The molecule has 0 amide bonds. The molecule has 0 aromatic heterocycles. The van der Waals surface area contributed by atoms with Crippen LogP contribution >= 0.6 is 0 Å². The van der Waals surface area contributed by atoms with Crippen molar-refractivity contribution in [3.63, 3.8) is 0 Å². The molecule has 0 spiro atoms. The van der Waals surface area contributed by atoms with Crippen molar-refractivity contribution in [1.82, 2.24) is 14.7 Å². The SMILES string of the molecule is CCN1CCC(N2CCN(CCC(=O)O)CC2)CC1. The molecule has 0 unspecified atom stereocenters. The number of hydrogen-bond donors (Lipinski definition) is 1. The molecule has 5 heteroatoms. The first-order valence-electron chi connectivity index (χ1n) is 7.59. The van der Waals surface area contributed by atoms with Gasteiger partial charge in [0.15, 0.2) is 0 Å². The van der Waals surface area contributed by atoms with Gasteiger partial charge in [-0.15, -0.1) is 0 Å². The first-order chi connectivity index (χ1) is 9.19. The predicted octanol–water partition coefficient (Wildman–Crippen LogP) is 0.563. The predicted molar refractivity (Wildman–Crippen MR) is 75.4 cm³/mol. The molecule has 0 aliphatic carbocycles. The molecular weight excluding hydrogens is 242 g/mol. The Morgan fingerprint density at radius 1 is 1.05 bits per heavy atom. The molecule has 110 valence electrons. The second-order valence-electron chi connectivity index (χ2n) is 5.69. The van der Waals surface area contributed by atoms with Crippen LogP contribution in [0.1, 0.15) is 26.2 Å². The van der Waals surface area contributed by atoms with Crippen molar-refractivity contribution < 1.29 is 9.90 Å². The summed E-state index contributed by atoms with van der Waals surface area (Å²) in [7, 11) is 0. The molecule has 2 aliphatic heterocycles. The molecule has 2 aliphatic rings. The molecule has 0 radical (unpaired) electrons. The van der Waals surface area contributed by atoms with Gasteiger partial charge in [-0.1, -0.05) is 6.92 Å². The Labute approximate surface area is 116 Å².